The molecule has 0 aliphatic carbocycles. The zero-order valence-corrected chi connectivity index (χ0v) is 17.9. The molecule has 4 aromatic rings. The van der Waals surface area contributed by atoms with Crippen LogP contribution in [0.2, 0.25) is 0 Å². The number of hydrogen-bond acceptors (Lipinski definition) is 5. The lowest BCUT2D eigenvalue weighted by molar-refractivity contribution is -0.117. The number of benzene rings is 2. The van der Waals surface area contributed by atoms with Crippen molar-refractivity contribution >= 4 is 5.78 Å². The van der Waals surface area contributed by atoms with E-state index in [2.05, 4.69) is 36.3 Å². The molecule has 31 heavy (non-hydrogen) atoms. The molecule has 0 aliphatic heterocycles. The minimum absolute atomic E-state index is 0.105. The van der Waals surface area contributed by atoms with Crippen LogP contribution in [-0.4, -0.2) is 10.9 Å². The van der Waals surface area contributed by atoms with E-state index in [1.165, 1.54) is 11.8 Å². The van der Waals surface area contributed by atoms with Gasteiger partial charge in [-0.1, -0.05) is 47.1 Å². The van der Waals surface area contributed by atoms with Crippen LogP contribution in [-0.2, 0) is 11.4 Å². The number of aromatic nitrogens is 1. The Hall–Kier alpha value is -3.60. The summed E-state index contributed by atoms with van der Waals surface area (Å²) < 4.78 is 16.9. The van der Waals surface area contributed by atoms with Crippen molar-refractivity contribution in [3.8, 4) is 17.1 Å². The Kier molecular flexibility index (Phi) is 6.03. The van der Waals surface area contributed by atoms with E-state index in [1.54, 1.807) is 13.0 Å². The van der Waals surface area contributed by atoms with E-state index in [-0.39, 0.29) is 11.7 Å². The highest BCUT2D eigenvalue weighted by Gasteiger charge is 2.19. The topological polar surface area (TPSA) is 65.5 Å². The van der Waals surface area contributed by atoms with Crippen LogP contribution in [0.1, 0.15) is 47.4 Å². The lowest BCUT2D eigenvalue weighted by Crippen LogP contribution is -2.06. The van der Waals surface area contributed by atoms with Crippen LogP contribution in [0, 0.1) is 13.8 Å². The second kappa shape index (κ2) is 9.04. The summed E-state index contributed by atoms with van der Waals surface area (Å²) in [5.41, 5.74) is 5.03. The fourth-order valence-corrected chi connectivity index (χ4v) is 3.56. The molecule has 0 saturated heterocycles. The van der Waals surface area contributed by atoms with Gasteiger partial charge in [-0.05, 0) is 44.5 Å². The maximum absolute atomic E-state index is 11.7. The molecule has 5 nitrogen and oxygen atoms in total. The van der Waals surface area contributed by atoms with E-state index in [1.807, 2.05) is 37.3 Å². The molecule has 2 heterocycles. The van der Waals surface area contributed by atoms with E-state index in [9.17, 15) is 4.79 Å². The van der Waals surface area contributed by atoms with Gasteiger partial charge in [0.05, 0.1) is 5.69 Å². The number of hydrogen-bond donors (Lipinski definition) is 0. The SMILES string of the molecule is CC(=O)C[C@@H](c1ccc(OCc2cc(-c3ccc(C)cc3)oc2C)cc1)c1ccon1. The molecule has 0 radical (unpaired) electrons. The number of Topliss-reactive ketones (excluding diaryl/α,β-unsaturated/α-hetero) is 1. The van der Waals surface area contributed by atoms with Gasteiger partial charge in [-0.15, -0.1) is 0 Å². The summed E-state index contributed by atoms with van der Waals surface area (Å²) in [5, 5.41) is 4.02. The number of nitrogens with zero attached hydrogens (tertiary/aromatic N) is 1. The molecule has 4 rings (SSSR count). The summed E-state index contributed by atoms with van der Waals surface area (Å²) in [7, 11) is 0. The molecule has 0 N–H and O–H groups in total. The van der Waals surface area contributed by atoms with Crippen molar-refractivity contribution in [1.29, 1.82) is 0 Å². The van der Waals surface area contributed by atoms with E-state index in [4.69, 9.17) is 13.7 Å². The number of carbonyl (C=O) groups is 1. The molecular formula is C26H25NO4. The number of rotatable bonds is 8. The molecule has 2 aromatic heterocycles. The highest BCUT2D eigenvalue weighted by Crippen LogP contribution is 2.30. The Morgan fingerprint density at radius 1 is 1.03 bits per heavy atom. The van der Waals surface area contributed by atoms with E-state index >= 15 is 0 Å². The highest BCUT2D eigenvalue weighted by molar-refractivity contribution is 5.77. The van der Waals surface area contributed by atoms with Crippen molar-refractivity contribution in [3.05, 3.63) is 95.1 Å². The fraction of sp³-hybridized carbons (Fsp3) is 0.231. The fourth-order valence-electron chi connectivity index (χ4n) is 3.56. The van der Waals surface area contributed by atoms with Crippen LogP contribution in [0.15, 0.2) is 75.9 Å². The zero-order valence-electron chi connectivity index (χ0n) is 17.9. The van der Waals surface area contributed by atoms with Crippen LogP contribution in [0.3, 0.4) is 0 Å². The summed E-state index contributed by atoms with van der Waals surface area (Å²) in [6.45, 7) is 6.02. The van der Waals surface area contributed by atoms with E-state index < -0.39 is 0 Å². The number of ether oxygens (including phenoxy) is 1. The summed E-state index contributed by atoms with van der Waals surface area (Å²) in [6, 6.07) is 19.9. The molecule has 0 unspecified atom stereocenters. The van der Waals surface area contributed by atoms with Crippen molar-refractivity contribution in [3.63, 3.8) is 0 Å². The van der Waals surface area contributed by atoms with Crippen molar-refractivity contribution in [2.24, 2.45) is 0 Å². The van der Waals surface area contributed by atoms with Gasteiger partial charge in [-0.3, -0.25) is 4.79 Å². The van der Waals surface area contributed by atoms with Gasteiger partial charge in [0.2, 0.25) is 0 Å². The molecule has 1 atom stereocenters. The average Bonchev–Trinajstić information content (AvgIpc) is 3.41. The van der Waals surface area contributed by atoms with Gasteiger partial charge in [0, 0.05) is 29.5 Å². The number of furan rings is 1. The maximum Gasteiger partial charge on any atom is 0.134 e. The van der Waals surface area contributed by atoms with Gasteiger partial charge < -0.3 is 13.7 Å². The van der Waals surface area contributed by atoms with Crippen LogP contribution >= 0.6 is 0 Å². The largest absolute Gasteiger partial charge is 0.489 e. The highest BCUT2D eigenvalue weighted by atomic mass is 16.5. The Morgan fingerprint density at radius 3 is 2.42 bits per heavy atom. The minimum Gasteiger partial charge on any atom is -0.489 e. The predicted molar refractivity (Wildman–Crippen MR) is 118 cm³/mol. The second-order valence-corrected chi connectivity index (χ2v) is 7.80. The minimum atomic E-state index is -0.126. The van der Waals surface area contributed by atoms with E-state index in [0.29, 0.717) is 13.0 Å². The smallest absolute Gasteiger partial charge is 0.134 e. The van der Waals surface area contributed by atoms with Gasteiger partial charge in [-0.2, -0.15) is 0 Å². The third kappa shape index (κ3) is 4.94. The molecule has 5 heteroatoms. The summed E-state index contributed by atoms with van der Waals surface area (Å²) in [5.74, 6) is 2.42. The normalized spacial score (nSPS) is 12.0. The third-order valence-electron chi connectivity index (χ3n) is 5.34. The standard InChI is InChI=1S/C26H25NO4/c1-17-4-6-21(7-5-17)26-15-22(19(3)31-26)16-29-23-10-8-20(9-11-23)24(14-18(2)28)25-12-13-30-27-25/h4-13,15,24H,14,16H2,1-3H3/t24-/m0/s1. The molecule has 0 amide bonds. The Balaban J connectivity index is 1.45. The first-order chi connectivity index (χ1) is 15.0. The molecule has 0 spiro atoms. The van der Waals surface area contributed by atoms with Crippen molar-refractivity contribution in [2.75, 3.05) is 0 Å². The van der Waals surface area contributed by atoms with Crippen LogP contribution in [0.25, 0.3) is 11.3 Å². The monoisotopic (exact) mass is 415 g/mol. The second-order valence-electron chi connectivity index (χ2n) is 7.80. The first kappa shape index (κ1) is 20.7. The quantitative estimate of drug-likeness (QED) is 0.341. The molecule has 0 aliphatic rings. The first-order valence-electron chi connectivity index (χ1n) is 10.3. The number of carbonyl (C=O) groups excluding carboxylic acids is 1. The Bertz CT molecular complexity index is 1140. The Labute approximate surface area is 181 Å². The summed E-state index contributed by atoms with van der Waals surface area (Å²) in [4.78, 5) is 11.7. The van der Waals surface area contributed by atoms with Crippen LogP contribution in [0.4, 0.5) is 0 Å². The van der Waals surface area contributed by atoms with Crippen molar-refractivity contribution < 1.29 is 18.5 Å². The van der Waals surface area contributed by atoms with Crippen molar-refractivity contribution in [2.45, 2.75) is 39.7 Å². The van der Waals surface area contributed by atoms with Gasteiger partial charge in [0.25, 0.3) is 0 Å². The number of ketones is 1. The van der Waals surface area contributed by atoms with E-state index in [0.717, 1.165) is 39.7 Å². The molecular weight excluding hydrogens is 390 g/mol. The first-order valence-corrected chi connectivity index (χ1v) is 10.3. The molecule has 158 valence electrons. The molecule has 0 fully saturated rings. The predicted octanol–water partition coefficient (Wildman–Crippen LogP) is 6.24. The van der Waals surface area contributed by atoms with Crippen molar-refractivity contribution in [1.82, 2.24) is 5.16 Å². The zero-order chi connectivity index (χ0) is 21.8. The average molecular weight is 415 g/mol. The summed E-state index contributed by atoms with van der Waals surface area (Å²) >= 11 is 0. The summed E-state index contributed by atoms with van der Waals surface area (Å²) in [6.07, 6.45) is 1.90. The van der Waals surface area contributed by atoms with Crippen LogP contribution < -0.4 is 4.74 Å². The van der Waals surface area contributed by atoms with Crippen LogP contribution in [0.5, 0.6) is 5.75 Å². The Morgan fingerprint density at radius 2 is 1.77 bits per heavy atom. The lowest BCUT2D eigenvalue weighted by atomic mass is 9.91. The molecule has 0 bridgehead atoms. The third-order valence-corrected chi connectivity index (χ3v) is 5.34. The maximum atomic E-state index is 11.7. The van der Waals surface area contributed by atoms with Gasteiger partial charge in [-0.25, -0.2) is 0 Å². The lowest BCUT2D eigenvalue weighted by Gasteiger charge is -2.14. The van der Waals surface area contributed by atoms with Gasteiger partial charge in [0.15, 0.2) is 0 Å². The molecule has 0 saturated carbocycles. The van der Waals surface area contributed by atoms with Gasteiger partial charge in [0.1, 0.15) is 35.9 Å². The number of aryl methyl sites for hydroxylation is 2. The molecule has 2 aromatic carbocycles. The van der Waals surface area contributed by atoms with Gasteiger partial charge >= 0.3 is 0 Å².